The quantitative estimate of drug-likeness (QED) is 0.707. The summed E-state index contributed by atoms with van der Waals surface area (Å²) in [7, 11) is 0. The Bertz CT molecular complexity index is 727. The van der Waals surface area contributed by atoms with Crippen LogP contribution in [0.4, 0.5) is 5.00 Å². The van der Waals surface area contributed by atoms with Crippen molar-refractivity contribution < 1.29 is 4.79 Å². The number of benzene rings is 1. The standard InChI is InChI=1S/C16H16N2OS2/c1-2-3-8-14(19)18-15-11(9-10-20-15)16-17-12-6-4-5-7-13(12)21-16/h4-7,9-10H,2-3,8H2,1H3,(H,18,19). The number of carbonyl (C=O) groups excluding carboxylic acids is 1. The van der Waals surface area contributed by atoms with Crippen LogP contribution in [0.5, 0.6) is 0 Å². The van der Waals surface area contributed by atoms with Gasteiger partial charge in [0, 0.05) is 12.0 Å². The lowest BCUT2D eigenvalue weighted by Crippen LogP contribution is -2.10. The van der Waals surface area contributed by atoms with Crippen LogP contribution in [-0.2, 0) is 4.79 Å². The number of nitrogens with zero attached hydrogens (tertiary/aromatic N) is 1. The number of thiophene rings is 1. The van der Waals surface area contributed by atoms with E-state index in [1.165, 1.54) is 4.70 Å². The molecule has 3 rings (SSSR count). The number of anilines is 1. The molecule has 21 heavy (non-hydrogen) atoms. The number of para-hydroxylation sites is 1. The molecule has 0 spiro atoms. The molecule has 0 aliphatic carbocycles. The normalized spacial score (nSPS) is 10.9. The fourth-order valence-electron chi connectivity index (χ4n) is 2.09. The molecule has 3 nitrogen and oxygen atoms in total. The smallest absolute Gasteiger partial charge is 0.224 e. The van der Waals surface area contributed by atoms with Crippen LogP contribution >= 0.6 is 22.7 Å². The van der Waals surface area contributed by atoms with Gasteiger partial charge >= 0.3 is 0 Å². The highest BCUT2D eigenvalue weighted by Crippen LogP contribution is 2.37. The number of hydrogen-bond acceptors (Lipinski definition) is 4. The molecule has 0 aliphatic heterocycles. The van der Waals surface area contributed by atoms with Crippen LogP contribution in [0.1, 0.15) is 26.2 Å². The second-order valence-electron chi connectivity index (χ2n) is 4.80. The lowest BCUT2D eigenvalue weighted by molar-refractivity contribution is -0.116. The Morgan fingerprint density at radius 2 is 2.14 bits per heavy atom. The lowest BCUT2D eigenvalue weighted by Gasteiger charge is -2.04. The molecule has 1 aromatic carbocycles. The van der Waals surface area contributed by atoms with Gasteiger partial charge in [0.1, 0.15) is 10.0 Å². The number of aromatic nitrogens is 1. The van der Waals surface area contributed by atoms with Gasteiger partial charge in [0.25, 0.3) is 0 Å². The van der Waals surface area contributed by atoms with Gasteiger partial charge in [-0.05, 0) is 30.0 Å². The molecule has 2 aromatic heterocycles. The Morgan fingerprint density at radius 1 is 1.29 bits per heavy atom. The number of thiazole rings is 1. The predicted octanol–water partition coefficient (Wildman–Crippen LogP) is 5.15. The second kappa shape index (κ2) is 6.37. The zero-order chi connectivity index (χ0) is 14.7. The van der Waals surface area contributed by atoms with Gasteiger partial charge in [-0.2, -0.15) is 0 Å². The van der Waals surface area contributed by atoms with E-state index in [1.54, 1.807) is 22.7 Å². The summed E-state index contributed by atoms with van der Waals surface area (Å²) in [6, 6.07) is 10.1. The van der Waals surface area contributed by atoms with Crippen molar-refractivity contribution in [1.82, 2.24) is 4.98 Å². The first-order valence-electron chi connectivity index (χ1n) is 7.01. The van der Waals surface area contributed by atoms with Gasteiger partial charge in [-0.1, -0.05) is 25.5 Å². The van der Waals surface area contributed by atoms with Crippen molar-refractivity contribution in [2.24, 2.45) is 0 Å². The summed E-state index contributed by atoms with van der Waals surface area (Å²) in [6.07, 6.45) is 2.53. The van der Waals surface area contributed by atoms with Gasteiger partial charge in [0.05, 0.1) is 10.2 Å². The van der Waals surface area contributed by atoms with Crippen LogP contribution in [0.3, 0.4) is 0 Å². The first kappa shape index (κ1) is 14.2. The van der Waals surface area contributed by atoms with Gasteiger partial charge in [-0.25, -0.2) is 4.98 Å². The van der Waals surface area contributed by atoms with Crippen molar-refractivity contribution in [2.45, 2.75) is 26.2 Å². The fraction of sp³-hybridized carbons (Fsp3) is 0.250. The summed E-state index contributed by atoms with van der Waals surface area (Å²) in [5.41, 5.74) is 2.03. The zero-order valence-corrected chi connectivity index (χ0v) is 13.4. The lowest BCUT2D eigenvalue weighted by atomic mass is 10.2. The van der Waals surface area contributed by atoms with Crippen LogP contribution in [0, 0.1) is 0 Å². The van der Waals surface area contributed by atoms with Gasteiger partial charge in [0.2, 0.25) is 5.91 Å². The molecule has 0 radical (unpaired) electrons. The van der Waals surface area contributed by atoms with Crippen molar-refractivity contribution in [3.8, 4) is 10.6 Å². The maximum Gasteiger partial charge on any atom is 0.224 e. The SMILES string of the molecule is CCCCC(=O)Nc1sccc1-c1nc2ccccc2s1. The first-order valence-corrected chi connectivity index (χ1v) is 8.71. The molecule has 5 heteroatoms. The Kier molecular flexibility index (Phi) is 4.31. The molecule has 3 aromatic rings. The summed E-state index contributed by atoms with van der Waals surface area (Å²) >= 11 is 3.21. The Labute approximate surface area is 131 Å². The molecular weight excluding hydrogens is 300 g/mol. The highest BCUT2D eigenvalue weighted by Gasteiger charge is 2.13. The van der Waals surface area contributed by atoms with E-state index in [0.717, 1.165) is 33.9 Å². The average Bonchev–Trinajstić information content (AvgIpc) is 3.10. The maximum absolute atomic E-state index is 11.9. The monoisotopic (exact) mass is 316 g/mol. The van der Waals surface area contributed by atoms with E-state index in [0.29, 0.717) is 6.42 Å². The van der Waals surface area contributed by atoms with E-state index in [-0.39, 0.29) is 5.91 Å². The largest absolute Gasteiger partial charge is 0.317 e. The molecule has 1 amide bonds. The number of rotatable bonds is 5. The Hall–Kier alpha value is -1.72. The molecule has 0 aliphatic rings. The van der Waals surface area contributed by atoms with E-state index >= 15 is 0 Å². The number of carbonyl (C=O) groups is 1. The van der Waals surface area contributed by atoms with Crippen molar-refractivity contribution in [1.29, 1.82) is 0 Å². The zero-order valence-electron chi connectivity index (χ0n) is 11.8. The molecule has 0 saturated carbocycles. The number of nitrogens with one attached hydrogen (secondary N) is 1. The third kappa shape index (κ3) is 3.14. The molecule has 108 valence electrons. The summed E-state index contributed by atoms with van der Waals surface area (Å²) in [6.45, 7) is 2.09. The second-order valence-corrected chi connectivity index (χ2v) is 6.75. The Morgan fingerprint density at radius 3 is 2.95 bits per heavy atom. The van der Waals surface area contributed by atoms with Crippen molar-refractivity contribution in [3.63, 3.8) is 0 Å². The molecule has 0 bridgehead atoms. The minimum atomic E-state index is 0.0849. The highest BCUT2D eigenvalue weighted by atomic mass is 32.1. The minimum Gasteiger partial charge on any atom is -0.317 e. The van der Waals surface area contributed by atoms with E-state index in [2.05, 4.69) is 23.3 Å². The van der Waals surface area contributed by atoms with Crippen LogP contribution in [0.25, 0.3) is 20.8 Å². The van der Waals surface area contributed by atoms with Gasteiger partial charge in [-0.3, -0.25) is 4.79 Å². The van der Waals surface area contributed by atoms with Crippen LogP contribution in [0.2, 0.25) is 0 Å². The molecule has 0 fully saturated rings. The molecule has 2 heterocycles. The number of fused-ring (bicyclic) bond motifs is 1. The summed E-state index contributed by atoms with van der Waals surface area (Å²) in [5.74, 6) is 0.0849. The third-order valence-electron chi connectivity index (χ3n) is 3.20. The molecular formula is C16H16N2OS2. The van der Waals surface area contributed by atoms with E-state index in [9.17, 15) is 4.79 Å². The number of hydrogen-bond donors (Lipinski definition) is 1. The third-order valence-corrected chi connectivity index (χ3v) is 5.10. The highest BCUT2D eigenvalue weighted by molar-refractivity contribution is 7.22. The molecule has 0 saturated heterocycles. The van der Waals surface area contributed by atoms with Crippen LogP contribution < -0.4 is 5.32 Å². The van der Waals surface area contributed by atoms with Crippen molar-refractivity contribution >= 4 is 43.8 Å². The van der Waals surface area contributed by atoms with Crippen molar-refractivity contribution in [2.75, 3.05) is 5.32 Å². The average molecular weight is 316 g/mol. The Balaban J connectivity index is 1.86. The fourth-order valence-corrected chi connectivity index (χ4v) is 3.95. The number of unbranched alkanes of at least 4 members (excludes halogenated alkanes) is 1. The number of amides is 1. The van der Waals surface area contributed by atoms with Gasteiger partial charge in [-0.15, -0.1) is 22.7 Å². The first-order chi connectivity index (χ1) is 10.3. The topological polar surface area (TPSA) is 42.0 Å². The van der Waals surface area contributed by atoms with E-state index < -0.39 is 0 Å². The predicted molar refractivity (Wildman–Crippen MR) is 91.1 cm³/mol. The van der Waals surface area contributed by atoms with Crippen LogP contribution in [-0.4, -0.2) is 10.9 Å². The van der Waals surface area contributed by atoms with Crippen LogP contribution in [0.15, 0.2) is 35.7 Å². The maximum atomic E-state index is 11.9. The summed E-state index contributed by atoms with van der Waals surface area (Å²) in [4.78, 5) is 16.6. The summed E-state index contributed by atoms with van der Waals surface area (Å²) < 4.78 is 1.17. The minimum absolute atomic E-state index is 0.0849. The van der Waals surface area contributed by atoms with Gasteiger partial charge < -0.3 is 5.32 Å². The summed E-state index contributed by atoms with van der Waals surface area (Å²) in [5, 5.41) is 6.87. The molecule has 1 N–H and O–H groups in total. The van der Waals surface area contributed by atoms with Crippen molar-refractivity contribution in [3.05, 3.63) is 35.7 Å². The molecule has 0 unspecified atom stereocenters. The molecule has 0 atom stereocenters. The van der Waals surface area contributed by atoms with E-state index in [1.807, 2.05) is 29.6 Å². The van der Waals surface area contributed by atoms with E-state index in [4.69, 9.17) is 0 Å². The van der Waals surface area contributed by atoms with Gasteiger partial charge in [0.15, 0.2) is 0 Å².